The number of phenolic OH excluding ortho intramolecular Hbond substituents is 1. The molecule has 2 N–H and O–H groups in total. The third-order valence-electron chi connectivity index (χ3n) is 3.46. The predicted molar refractivity (Wildman–Crippen MR) is 80.4 cm³/mol. The number of hydrogen-bond acceptors (Lipinski definition) is 3. The molecule has 0 saturated carbocycles. The number of unbranched alkanes of at least 4 members (excludes halogenated alkanes) is 5. The van der Waals surface area contributed by atoms with E-state index in [0.717, 1.165) is 25.7 Å². The Hall–Kier alpha value is -1.07. The summed E-state index contributed by atoms with van der Waals surface area (Å²) in [7, 11) is -4.20. The third kappa shape index (κ3) is 5.51. The molecule has 0 aromatic heterocycles. The van der Waals surface area contributed by atoms with Crippen molar-refractivity contribution < 1.29 is 18.1 Å². The predicted octanol–water partition coefficient (Wildman–Crippen LogP) is 4.07. The molecule has 1 aromatic carbocycles. The molecule has 1 rings (SSSR count). The number of phenols is 1. The van der Waals surface area contributed by atoms with Crippen molar-refractivity contribution in [2.24, 2.45) is 0 Å². The molecule has 0 radical (unpaired) electrons. The van der Waals surface area contributed by atoms with Crippen molar-refractivity contribution >= 4 is 10.1 Å². The zero-order valence-corrected chi connectivity index (χ0v) is 12.8. The summed E-state index contributed by atoms with van der Waals surface area (Å²) in [4.78, 5) is 0. The molecule has 0 fully saturated rings. The van der Waals surface area contributed by atoms with Gasteiger partial charge in [0.1, 0.15) is 11.0 Å². The number of benzene rings is 1. The van der Waals surface area contributed by atoms with E-state index in [1.165, 1.54) is 18.9 Å². The van der Waals surface area contributed by atoms with Crippen molar-refractivity contribution in [3.63, 3.8) is 0 Å². The summed E-state index contributed by atoms with van der Waals surface area (Å²) in [6.07, 6.45) is 6.60. The highest BCUT2D eigenvalue weighted by Gasteiger charge is 2.26. The van der Waals surface area contributed by atoms with Crippen LogP contribution in [0.4, 0.5) is 0 Å². The molecule has 5 heteroatoms. The van der Waals surface area contributed by atoms with Gasteiger partial charge in [0.2, 0.25) is 0 Å². The van der Waals surface area contributed by atoms with Gasteiger partial charge in [0.15, 0.2) is 0 Å². The average molecular weight is 300 g/mol. The number of aromatic hydroxyl groups is 1. The lowest BCUT2D eigenvalue weighted by atomic mass is 10.0. The van der Waals surface area contributed by atoms with Crippen LogP contribution in [0.25, 0.3) is 0 Å². The quantitative estimate of drug-likeness (QED) is 0.532. The summed E-state index contributed by atoms with van der Waals surface area (Å²) in [5.74, 6) is -0.0823. The van der Waals surface area contributed by atoms with Crippen LogP contribution in [-0.4, -0.2) is 18.1 Å². The van der Waals surface area contributed by atoms with Crippen LogP contribution < -0.4 is 0 Å². The van der Waals surface area contributed by atoms with E-state index in [4.69, 9.17) is 0 Å². The van der Waals surface area contributed by atoms with Crippen LogP contribution in [0.2, 0.25) is 0 Å². The largest absolute Gasteiger partial charge is 0.508 e. The molecule has 0 saturated heterocycles. The lowest BCUT2D eigenvalue weighted by molar-refractivity contribution is 0.441. The minimum absolute atomic E-state index is 0.0823. The average Bonchev–Trinajstić information content (AvgIpc) is 2.38. The Balaban J connectivity index is 2.62. The number of rotatable bonds is 9. The van der Waals surface area contributed by atoms with Crippen molar-refractivity contribution in [3.8, 4) is 5.75 Å². The van der Waals surface area contributed by atoms with Gasteiger partial charge in [-0.3, -0.25) is 4.55 Å². The van der Waals surface area contributed by atoms with Crippen LogP contribution in [0, 0.1) is 0 Å². The standard InChI is InChI=1S/C15H24O4S/c1-2-3-4-5-6-7-12-15(20(17,18)19)13-10-8-9-11-14(13)16/h8-11,15-16H,2-7,12H2,1H3,(H,17,18,19). The zero-order chi connectivity index (χ0) is 15.0. The van der Waals surface area contributed by atoms with E-state index in [-0.39, 0.29) is 11.3 Å². The molecule has 114 valence electrons. The third-order valence-corrected chi connectivity index (χ3v) is 4.67. The Kier molecular flexibility index (Phi) is 7.02. The fraction of sp³-hybridized carbons (Fsp3) is 0.600. The topological polar surface area (TPSA) is 74.6 Å². The highest BCUT2D eigenvalue weighted by molar-refractivity contribution is 7.86. The molecule has 0 aliphatic carbocycles. The maximum Gasteiger partial charge on any atom is 0.272 e. The molecule has 4 nitrogen and oxygen atoms in total. The fourth-order valence-electron chi connectivity index (χ4n) is 2.33. The van der Waals surface area contributed by atoms with E-state index >= 15 is 0 Å². The second kappa shape index (κ2) is 8.27. The molecule has 0 heterocycles. The summed E-state index contributed by atoms with van der Waals surface area (Å²) in [5, 5.41) is 8.71. The molecule has 20 heavy (non-hydrogen) atoms. The Morgan fingerprint density at radius 3 is 2.25 bits per heavy atom. The van der Waals surface area contributed by atoms with Crippen LogP contribution in [0.15, 0.2) is 24.3 Å². The van der Waals surface area contributed by atoms with E-state index < -0.39 is 15.4 Å². The van der Waals surface area contributed by atoms with Crippen LogP contribution in [-0.2, 0) is 10.1 Å². The molecular weight excluding hydrogens is 276 g/mol. The molecule has 1 atom stereocenters. The Bertz CT molecular complexity index is 496. The van der Waals surface area contributed by atoms with Gasteiger partial charge in [0, 0.05) is 5.56 Å². The van der Waals surface area contributed by atoms with Crippen molar-refractivity contribution in [1.82, 2.24) is 0 Å². The van der Waals surface area contributed by atoms with Crippen molar-refractivity contribution in [3.05, 3.63) is 29.8 Å². The molecule has 0 spiro atoms. The zero-order valence-electron chi connectivity index (χ0n) is 12.0. The van der Waals surface area contributed by atoms with Gasteiger partial charge in [-0.2, -0.15) is 8.42 Å². The summed E-state index contributed by atoms with van der Waals surface area (Å²) in [5.41, 5.74) is 0.281. The smallest absolute Gasteiger partial charge is 0.272 e. The molecule has 0 amide bonds. The summed E-state index contributed by atoms with van der Waals surface area (Å²) < 4.78 is 32.3. The first kappa shape index (κ1) is 17.0. The lowest BCUT2D eigenvalue weighted by Crippen LogP contribution is -2.12. The number of hydrogen-bond donors (Lipinski definition) is 2. The SMILES string of the molecule is CCCCCCCCC(c1ccccc1O)S(=O)(=O)O. The van der Waals surface area contributed by atoms with Gasteiger partial charge in [0.05, 0.1) is 0 Å². The normalized spacial score (nSPS) is 13.3. The van der Waals surface area contributed by atoms with Gasteiger partial charge in [-0.15, -0.1) is 0 Å². The Morgan fingerprint density at radius 1 is 1.05 bits per heavy atom. The van der Waals surface area contributed by atoms with Gasteiger partial charge in [0.25, 0.3) is 10.1 Å². The first-order valence-corrected chi connectivity index (χ1v) is 8.71. The molecule has 1 aromatic rings. The lowest BCUT2D eigenvalue weighted by Gasteiger charge is -2.15. The molecule has 0 aliphatic rings. The maximum absolute atomic E-state index is 11.5. The van der Waals surface area contributed by atoms with Crippen LogP contribution in [0.1, 0.15) is 62.7 Å². The highest BCUT2D eigenvalue weighted by atomic mass is 32.2. The molecule has 1 unspecified atom stereocenters. The second-order valence-corrected chi connectivity index (χ2v) is 6.72. The van der Waals surface area contributed by atoms with Crippen molar-refractivity contribution in [2.45, 2.75) is 57.1 Å². The van der Waals surface area contributed by atoms with E-state index in [1.54, 1.807) is 18.2 Å². The van der Waals surface area contributed by atoms with Gasteiger partial charge in [-0.1, -0.05) is 63.6 Å². The monoisotopic (exact) mass is 300 g/mol. The van der Waals surface area contributed by atoms with Gasteiger partial charge in [-0.25, -0.2) is 0 Å². The number of para-hydroxylation sites is 1. The minimum atomic E-state index is -4.20. The first-order chi connectivity index (χ1) is 9.46. The summed E-state index contributed by atoms with van der Waals surface area (Å²) >= 11 is 0. The Labute approximate surface area is 121 Å². The minimum Gasteiger partial charge on any atom is -0.508 e. The van der Waals surface area contributed by atoms with Gasteiger partial charge >= 0.3 is 0 Å². The van der Waals surface area contributed by atoms with Gasteiger partial charge < -0.3 is 5.11 Å². The first-order valence-electron chi connectivity index (χ1n) is 7.21. The van der Waals surface area contributed by atoms with E-state index in [2.05, 4.69) is 6.92 Å². The highest BCUT2D eigenvalue weighted by Crippen LogP contribution is 2.33. The second-order valence-electron chi connectivity index (χ2n) is 5.12. The van der Waals surface area contributed by atoms with Gasteiger partial charge in [-0.05, 0) is 12.5 Å². The van der Waals surface area contributed by atoms with E-state index in [1.807, 2.05) is 0 Å². The van der Waals surface area contributed by atoms with Crippen LogP contribution in [0.5, 0.6) is 5.75 Å². The molecular formula is C15H24O4S. The van der Waals surface area contributed by atoms with E-state index in [9.17, 15) is 18.1 Å². The maximum atomic E-state index is 11.5. The molecule has 0 aliphatic heterocycles. The van der Waals surface area contributed by atoms with Crippen molar-refractivity contribution in [1.29, 1.82) is 0 Å². The van der Waals surface area contributed by atoms with Crippen molar-refractivity contribution in [2.75, 3.05) is 0 Å². The van der Waals surface area contributed by atoms with Crippen LogP contribution >= 0.6 is 0 Å². The van der Waals surface area contributed by atoms with E-state index in [0.29, 0.717) is 6.42 Å². The fourth-order valence-corrected chi connectivity index (χ4v) is 3.32. The summed E-state index contributed by atoms with van der Waals surface area (Å²) in [6.45, 7) is 2.15. The molecule has 0 bridgehead atoms. The summed E-state index contributed by atoms with van der Waals surface area (Å²) in [6, 6.07) is 6.28. The Morgan fingerprint density at radius 2 is 1.65 bits per heavy atom. The van der Waals surface area contributed by atoms with Crippen LogP contribution in [0.3, 0.4) is 0 Å².